The van der Waals surface area contributed by atoms with Crippen molar-refractivity contribution < 1.29 is 56.0 Å². The van der Waals surface area contributed by atoms with Gasteiger partial charge in [0, 0.05) is 22.9 Å². The summed E-state index contributed by atoms with van der Waals surface area (Å²) in [4.78, 5) is 66.3. The van der Waals surface area contributed by atoms with Crippen LogP contribution >= 0.6 is 46.4 Å². The lowest BCUT2D eigenvalue weighted by Gasteiger charge is -2.21. The van der Waals surface area contributed by atoms with E-state index in [0.717, 1.165) is 12.3 Å². The molecule has 3 aliphatic rings. The Labute approximate surface area is 471 Å². The number of hydrogen-bond donors (Lipinski definition) is 6. The van der Waals surface area contributed by atoms with E-state index < -0.39 is 40.2 Å². The zero-order valence-electron chi connectivity index (χ0n) is 42.4. The Balaban J connectivity index is 0.964. The van der Waals surface area contributed by atoms with E-state index in [1.54, 1.807) is 12.1 Å². The molecule has 6 N–H and O–H groups in total. The molecule has 9 rings (SSSR count). The van der Waals surface area contributed by atoms with E-state index in [1.807, 2.05) is 0 Å². The molecule has 79 heavy (non-hydrogen) atoms. The Bertz CT molecular complexity index is 3500. The molecule has 6 aromatic rings. The molecule has 2 aromatic carbocycles. The molecule has 0 radical (unpaired) electrons. The molecule has 3 amide bonds. The maximum absolute atomic E-state index is 14.3. The Hall–Kier alpha value is -7.10. The van der Waals surface area contributed by atoms with Gasteiger partial charge in [-0.05, 0) is 37.1 Å². The fraction of sp³-hybridized carbons (Fsp3) is 0.340. The number of benzene rings is 2. The van der Waals surface area contributed by atoms with E-state index in [0.29, 0.717) is 29.0 Å². The second kappa shape index (κ2) is 24.1. The molecule has 3 fully saturated rings. The van der Waals surface area contributed by atoms with Crippen LogP contribution < -0.4 is 50.3 Å². The molecule has 0 saturated carbocycles. The van der Waals surface area contributed by atoms with E-state index in [2.05, 4.69) is 64.4 Å². The van der Waals surface area contributed by atoms with Crippen molar-refractivity contribution in [2.75, 3.05) is 81.3 Å². The lowest BCUT2D eigenvalue weighted by Crippen LogP contribution is -2.45. The van der Waals surface area contributed by atoms with E-state index >= 15 is 0 Å². The highest BCUT2D eigenvalue weighted by Gasteiger charge is 2.35. The van der Waals surface area contributed by atoms with Crippen molar-refractivity contribution in [1.29, 1.82) is 0 Å². The number of sulfonamides is 1. The smallest absolute Gasteiger partial charge is 0.254 e. The SMILES string of the molecule is C=CC(=O)N[C@H]1COC[C@H]1Nc1cc2c(NC(=O)C3CCC(COc4cc(OC)c(Cl)c(-c5nc(NS(C)(=O)=O)c6cc(N[C@@H]7COC[C@@H]7NC(=O)C=C)ncc6n5)c4Cl)O3)nc(-c3c(Cl)c(OC)cc(OC)c3Cl)nc2cn1. The van der Waals surface area contributed by atoms with Crippen LogP contribution in [-0.2, 0) is 38.6 Å². The highest BCUT2D eigenvalue weighted by atomic mass is 35.5. The summed E-state index contributed by atoms with van der Waals surface area (Å²) >= 11 is 27.6. The van der Waals surface area contributed by atoms with Crippen LogP contribution in [0.2, 0.25) is 20.1 Å². The minimum absolute atomic E-state index is 0.0126. The number of carbonyl (C=O) groups excluding carboxylic acids is 3. The minimum atomic E-state index is -3.92. The van der Waals surface area contributed by atoms with E-state index in [-0.39, 0.29) is 152 Å². The molecule has 2 unspecified atom stereocenters. The van der Waals surface area contributed by atoms with Crippen LogP contribution in [0.25, 0.3) is 44.6 Å². The third-order valence-electron chi connectivity index (χ3n) is 12.7. The van der Waals surface area contributed by atoms with Gasteiger partial charge in [-0.15, -0.1) is 0 Å². The van der Waals surface area contributed by atoms with Crippen molar-refractivity contribution in [2.24, 2.45) is 0 Å². The lowest BCUT2D eigenvalue weighted by atomic mass is 10.1. The second-order valence-corrected chi connectivity index (χ2v) is 21.3. The van der Waals surface area contributed by atoms with Crippen molar-refractivity contribution in [3.63, 3.8) is 0 Å². The topological polar surface area (TPSA) is 299 Å². The quantitative estimate of drug-likeness (QED) is 0.0461. The molecule has 29 heteroatoms. The maximum Gasteiger partial charge on any atom is 0.254 e. The van der Waals surface area contributed by atoms with Gasteiger partial charge in [0.15, 0.2) is 17.5 Å². The highest BCUT2D eigenvalue weighted by Crippen LogP contribution is 2.47. The van der Waals surface area contributed by atoms with Crippen molar-refractivity contribution in [1.82, 2.24) is 40.5 Å². The molecule has 6 atom stereocenters. The molecule has 416 valence electrons. The molecule has 7 heterocycles. The van der Waals surface area contributed by atoms with Crippen LogP contribution in [0.1, 0.15) is 12.8 Å². The van der Waals surface area contributed by atoms with Gasteiger partial charge in [-0.2, -0.15) is 0 Å². The Morgan fingerprint density at radius 3 is 1.59 bits per heavy atom. The first kappa shape index (κ1) is 56.6. The number of nitrogens with zero attached hydrogens (tertiary/aromatic N) is 6. The van der Waals surface area contributed by atoms with Crippen LogP contribution in [-0.4, -0.2) is 153 Å². The summed E-state index contributed by atoms with van der Waals surface area (Å²) in [7, 11) is 0.314. The molecular weight excluding hydrogens is 1130 g/mol. The molecular formula is C50H50Cl4N12O12S. The number of pyridine rings is 2. The summed E-state index contributed by atoms with van der Waals surface area (Å²) in [5, 5.41) is 15.8. The largest absolute Gasteiger partial charge is 0.495 e. The predicted molar refractivity (Wildman–Crippen MR) is 296 cm³/mol. The third kappa shape index (κ3) is 12.5. The predicted octanol–water partition coefficient (Wildman–Crippen LogP) is 6.24. The van der Waals surface area contributed by atoms with Gasteiger partial charge in [0.25, 0.3) is 5.91 Å². The minimum Gasteiger partial charge on any atom is -0.495 e. The number of hydrogen-bond acceptors (Lipinski definition) is 20. The van der Waals surface area contributed by atoms with Gasteiger partial charge in [0.1, 0.15) is 53.2 Å². The number of anilines is 4. The summed E-state index contributed by atoms with van der Waals surface area (Å²) in [5.41, 5.74) is 0.712. The van der Waals surface area contributed by atoms with Crippen molar-refractivity contribution in [3.05, 3.63) is 82.1 Å². The molecule has 0 spiro atoms. The van der Waals surface area contributed by atoms with E-state index in [9.17, 15) is 22.8 Å². The van der Waals surface area contributed by atoms with Gasteiger partial charge in [0.2, 0.25) is 21.8 Å². The number of ether oxygens (including phenoxy) is 7. The molecule has 0 aliphatic carbocycles. The monoisotopic (exact) mass is 1180 g/mol. The number of fused-ring (bicyclic) bond motifs is 2. The average Bonchev–Trinajstić information content (AvgIpc) is 4.23. The van der Waals surface area contributed by atoms with Gasteiger partial charge in [-0.1, -0.05) is 59.6 Å². The van der Waals surface area contributed by atoms with Crippen molar-refractivity contribution in [2.45, 2.75) is 49.2 Å². The molecule has 3 saturated heterocycles. The summed E-state index contributed by atoms with van der Waals surface area (Å²) < 4.78 is 68.3. The fourth-order valence-electron chi connectivity index (χ4n) is 8.86. The summed E-state index contributed by atoms with van der Waals surface area (Å²) in [6.07, 6.45) is 5.19. The van der Waals surface area contributed by atoms with Gasteiger partial charge in [0.05, 0.1) is 139 Å². The van der Waals surface area contributed by atoms with Crippen LogP contribution in [0.4, 0.5) is 23.3 Å². The second-order valence-electron chi connectivity index (χ2n) is 18.0. The first-order valence-electron chi connectivity index (χ1n) is 24.0. The number of carbonyl (C=O) groups is 3. The fourth-order valence-corrected chi connectivity index (χ4v) is 10.7. The summed E-state index contributed by atoms with van der Waals surface area (Å²) in [6.45, 7) is 7.94. The van der Waals surface area contributed by atoms with Gasteiger partial charge < -0.3 is 59.7 Å². The first-order valence-corrected chi connectivity index (χ1v) is 27.4. The third-order valence-corrected chi connectivity index (χ3v) is 14.8. The highest BCUT2D eigenvalue weighted by molar-refractivity contribution is 7.92. The maximum atomic E-state index is 14.3. The van der Waals surface area contributed by atoms with Gasteiger partial charge >= 0.3 is 0 Å². The van der Waals surface area contributed by atoms with Crippen molar-refractivity contribution in [3.8, 4) is 45.8 Å². The zero-order chi connectivity index (χ0) is 56.3. The lowest BCUT2D eigenvalue weighted by molar-refractivity contribution is -0.127. The number of amides is 3. The van der Waals surface area contributed by atoms with Crippen molar-refractivity contribution >= 4 is 119 Å². The van der Waals surface area contributed by atoms with E-state index in [4.69, 9.17) is 89.5 Å². The van der Waals surface area contributed by atoms with Gasteiger partial charge in [-0.3, -0.25) is 19.1 Å². The molecule has 4 aromatic heterocycles. The normalized spacial score (nSPS) is 19.8. The summed E-state index contributed by atoms with van der Waals surface area (Å²) in [6, 6.07) is 4.63. The summed E-state index contributed by atoms with van der Waals surface area (Å²) in [5.74, 6) is -0.111. The van der Waals surface area contributed by atoms with Crippen LogP contribution in [0.3, 0.4) is 0 Å². The zero-order valence-corrected chi connectivity index (χ0v) is 46.3. The Kier molecular flexibility index (Phi) is 17.3. The number of aromatic nitrogens is 6. The van der Waals surface area contributed by atoms with Crippen LogP contribution in [0.15, 0.2) is 62.0 Å². The Morgan fingerprint density at radius 1 is 0.658 bits per heavy atom. The number of methoxy groups -OCH3 is 3. The average molecular weight is 1180 g/mol. The van der Waals surface area contributed by atoms with Gasteiger partial charge in [-0.25, -0.2) is 38.3 Å². The first-order chi connectivity index (χ1) is 37.9. The molecule has 3 aliphatic heterocycles. The molecule has 24 nitrogen and oxygen atoms in total. The standard InChI is InChI=1S/C50H50Cl4N12O12S/c1-7-38(67)59-29-20-75-18-27(29)57-36-11-23-25(15-55-36)61-48(40-42(51)32(72-3)13-33(73-4)43(40)52)63-46(23)65-50(69)31-10-9-22(78-31)17-77-35-14-34(74-5)44(53)41(45(35)54)49-62-26-16-56-37(12-24(26)47(64-49)66-79(6,70)71)58-28-19-76-21-30(28)60-39(68)8-2/h7-8,11-16,22,27-31H,1-2,9-10,17-21H2,3-6H3,(H,55,57)(H,56,58)(H,59,67)(H,60,68)(H,62,64,66)(H,61,63,65,69)/t22?,27-,28-,29+,30+,31?/m1/s1. The van der Waals surface area contributed by atoms with Crippen LogP contribution in [0, 0.1) is 0 Å². The van der Waals surface area contributed by atoms with Crippen LogP contribution in [0.5, 0.6) is 23.0 Å². The van der Waals surface area contributed by atoms with E-state index in [1.165, 1.54) is 51.9 Å². The number of nitrogens with one attached hydrogen (secondary N) is 6. The molecule has 0 bridgehead atoms. The number of halogens is 4. The number of rotatable bonds is 20. The Morgan fingerprint density at radius 2 is 1.11 bits per heavy atom.